The summed E-state index contributed by atoms with van der Waals surface area (Å²) < 4.78 is 8.72. The molecular formula is C7H12O5. The van der Waals surface area contributed by atoms with E-state index in [-0.39, 0.29) is 19.2 Å². The van der Waals surface area contributed by atoms with E-state index < -0.39 is 6.16 Å². The van der Waals surface area contributed by atoms with Crippen molar-refractivity contribution < 1.29 is 24.2 Å². The first-order chi connectivity index (χ1) is 5.66. The van der Waals surface area contributed by atoms with E-state index >= 15 is 0 Å². The molecule has 0 rings (SSSR count). The highest BCUT2D eigenvalue weighted by molar-refractivity contribution is 5.69. The number of hydrogen-bond acceptors (Lipinski definition) is 4. The Kier molecular flexibility index (Phi) is 5.77. The van der Waals surface area contributed by atoms with Crippen molar-refractivity contribution in [3.05, 3.63) is 0 Å². The number of hydrogen-bond donors (Lipinski definition) is 1. The highest BCUT2D eigenvalue weighted by atomic mass is 16.7. The van der Waals surface area contributed by atoms with E-state index in [0.29, 0.717) is 6.42 Å². The van der Waals surface area contributed by atoms with Gasteiger partial charge in [0, 0.05) is 6.42 Å². The number of rotatable bonds is 5. The van der Waals surface area contributed by atoms with Gasteiger partial charge in [-0.05, 0) is 6.42 Å². The summed E-state index contributed by atoms with van der Waals surface area (Å²) in [5.74, 6) is -0.327. The van der Waals surface area contributed by atoms with Gasteiger partial charge in [-0.1, -0.05) is 6.92 Å². The summed E-state index contributed by atoms with van der Waals surface area (Å²) in [7, 11) is 0. The fraction of sp³-hybridized carbons (Fsp3) is 0.714. The van der Waals surface area contributed by atoms with Gasteiger partial charge in [-0.25, -0.2) is 4.79 Å². The topological polar surface area (TPSA) is 72.8 Å². The molecule has 0 atom stereocenters. The number of ether oxygens (including phenoxy) is 2. The zero-order chi connectivity index (χ0) is 9.40. The van der Waals surface area contributed by atoms with Crippen molar-refractivity contribution in [2.24, 2.45) is 0 Å². The standard InChI is InChI=1S/C7H12O5/c1-2-3-6(8)11-4-5-12-7(9)10/h2-5H2,1H3,(H,9,10). The zero-order valence-electron chi connectivity index (χ0n) is 6.91. The maximum atomic E-state index is 10.7. The highest BCUT2D eigenvalue weighted by Gasteiger charge is 2.01. The summed E-state index contributed by atoms with van der Waals surface area (Å²) in [6, 6.07) is 0. The first kappa shape index (κ1) is 10.7. The zero-order valence-corrected chi connectivity index (χ0v) is 6.91. The SMILES string of the molecule is CCCC(=O)OCCOC(=O)O. The van der Waals surface area contributed by atoms with E-state index in [1.165, 1.54) is 0 Å². The lowest BCUT2D eigenvalue weighted by Crippen LogP contribution is -2.12. The maximum Gasteiger partial charge on any atom is 0.505 e. The molecule has 0 saturated carbocycles. The number of carbonyl (C=O) groups excluding carboxylic acids is 1. The second kappa shape index (κ2) is 6.45. The first-order valence-corrected chi connectivity index (χ1v) is 3.68. The molecule has 0 radical (unpaired) electrons. The van der Waals surface area contributed by atoms with Crippen molar-refractivity contribution in [3.8, 4) is 0 Å². The van der Waals surface area contributed by atoms with Gasteiger partial charge in [0.25, 0.3) is 0 Å². The molecule has 0 aromatic heterocycles. The van der Waals surface area contributed by atoms with Crippen LogP contribution in [0.1, 0.15) is 19.8 Å². The molecule has 0 unspecified atom stereocenters. The van der Waals surface area contributed by atoms with E-state index in [4.69, 9.17) is 5.11 Å². The third-order valence-corrected chi connectivity index (χ3v) is 1.03. The second-order valence-corrected chi connectivity index (χ2v) is 2.08. The third-order valence-electron chi connectivity index (χ3n) is 1.03. The minimum atomic E-state index is -1.36. The van der Waals surface area contributed by atoms with Crippen molar-refractivity contribution in [1.82, 2.24) is 0 Å². The molecule has 12 heavy (non-hydrogen) atoms. The summed E-state index contributed by atoms with van der Waals surface area (Å²) >= 11 is 0. The minimum absolute atomic E-state index is 0.00880. The van der Waals surface area contributed by atoms with Crippen LogP contribution in [0.4, 0.5) is 4.79 Å². The average Bonchev–Trinajstić information content (AvgIpc) is 1.98. The number of carboxylic acid groups (broad SMARTS) is 1. The molecule has 0 saturated heterocycles. The van der Waals surface area contributed by atoms with Crippen LogP contribution in [0.25, 0.3) is 0 Å². The normalized spacial score (nSPS) is 9.08. The molecule has 0 aliphatic carbocycles. The Balaban J connectivity index is 3.19. The van der Waals surface area contributed by atoms with Gasteiger partial charge in [0.15, 0.2) is 0 Å². The van der Waals surface area contributed by atoms with Crippen molar-refractivity contribution >= 4 is 12.1 Å². The first-order valence-electron chi connectivity index (χ1n) is 3.68. The molecule has 0 aromatic carbocycles. The molecule has 0 amide bonds. The van der Waals surface area contributed by atoms with E-state index in [9.17, 15) is 9.59 Å². The summed E-state index contributed by atoms with van der Waals surface area (Å²) in [5.41, 5.74) is 0. The van der Waals surface area contributed by atoms with Crippen LogP contribution in [0.15, 0.2) is 0 Å². The number of esters is 1. The lowest BCUT2D eigenvalue weighted by atomic mass is 10.3. The lowest BCUT2D eigenvalue weighted by molar-refractivity contribution is -0.144. The van der Waals surface area contributed by atoms with E-state index in [0.717, 1.165) is 6.42 Å². The Morgan fingerprint density at radius 1 is 1.25 bits per heavy atom. The van der Waals surface area contributed by atoms with E-state index in [1.807, 2.05) is 6.92 Å². The summed E-state index contributed by atoms with van der Waals surface area (Å²) in [5, 5.41) is 8.02. The van der Waals surface area contributed by atoms with Crippen LogP contribution in [0.2, 0.25) is 0 Å². The molecule has 0 spiro atoms. The minimum Gasteiger partial charge on any atom is -0.462 e. The van der Waals surface area contributed by atoms with Gasteiger partial charge in [-0.3, -0.25) is 4.79 Å². The van der Waals surface area contributed by atoms with Crippen LogP contribution >= 0.6 is 0 Å². The monoisotopic (exact) mass is 176 g/mol. The third kappa shape index (κ3) is 6.85. The molecule has 5 nitrogen and oxygen atoms in total. The molecule has 0 heterocycles. The molecule has 70 valence electrons. The smallest absolute Gasteiger partial charge is 0.462 e. The molecule has 0 aromatic rings. The number of carbonyl (C=O) groups is 2. The van der Waals surface area contributed by atoms with Gasteiger partial charge in [0.1, 0.15) is 13.2 Å². The molecule has 5 heteroatoms. The Morgan fingerprint density at radius 3 is 2.33 bits per heavy atom. The molecule has 0 bridgehead atoms. The fourth-order valence-electron chi connectivity index (χ4n) is 0.561. The molecule has 1 N–H and O–H groups in total. The van der Waals surface area contributed by atoms with Crippen LogP contribution in [0, 0.1) is 0 Å². The van der Waals surface area contributed by atoms with Gasteiger partial charge < -0.3 is 14.6 Å². The van der Waals surface area contributed by atoms with Gasteiger partial charge in [-0.15, -0.1) is 0 Å². The Labute approximate surface area is 70.3 Å². The fourth-order valence-corrected chi connectivity index (χ4v) is 0.561. The Hall–Kier alpha value is -1.26. The van der Waals surface area contributed by atoms with Crippen molar-refractivity contribution in [3.63, 3.8) is 0 Å². The van der Waals surface area contributed by atoms with E-state index in [2.05, 4.69) is 9.47 Å². The predicted molar refractivity (Wildman–Crippen MR) is 39.8 cm³/mol. The Bertz CT molecular complexity index is 154. The van der Waals surface area contributed by atoms with Crippen LogP contribution < -0.4 is 0 Å². The maximum absolute atomic E-state index is 10.7. The van der Waals surface area contributed by atoms with Crippen LogP contribution in [0.5, 0.6) is 0 Å². The lowest BCUT2D eigenvalue weighted by Gasteiger charge is -2.02. The van der Waals surface area contributed by atoms with Crippen LogP contribution in [0.3, 0.4) is 0 Å². The van der Waals surface area contributed by atoms with Gasteiger partial charge in [-0.2, -0.15) is 0 Å². The molecule has 0 aliphatic rings. The predicted octanol–water partition coefficient (Wildman–Crippen LogP) is 1.02. The summed E-state index contributed by atoms with van der Waals surface area (Å²) in [6.07, 6.45) is -0.285. The van der Waals surface area contributed by atoms with E-state index in [1.54, 1.807) is 0 Å². The van der Waals surface area contributed by atoms with Crippen molar-refractivity contribution in [1.29, 1.82) is 0 Å². The molecular weight excluding hydrogens is 164 g/mol. The average molecular weight is 176 g/mol. The van der Waals surface area contributed by atoms with Gasteiger partial charge in [0.05, 0.1) is 0 Å². The van der Waals surface area contributed by atoms with Crippen molar-refractivity contribution in [2.45, 2.75) is 19.8 Å². The quantitative estimate of drug-likeness (QED) is 0.500. The van der Waals surface area contributed by atoms with Crippen molar-refractivity contribution in [2.75, 3.05) is 13.2 Å². The van der Waals surface area contributed by atoms with Gasteiger partial charge in [0.2, 0.25) is 0 Å². The largest absolute Gasteiger partial charge is 0.505 e. The summed E-state index contributed by atoms with van der Waals surface area (Å²) in [4.78, 5) is 20.5. The van der Waals surface area contributed by atoms with Crippen LogP contribution in [-0.2, 0) is 14.3 Å². The van der Waals surface area contributed by atoms with Gasteiger partial charge >= 0.3 is 12.1 Å². The second-order valence-electron chi connectivity index (χ2n) is 2.08. The molecule has 0 fully saturated rings. The molecule has 0 aliphatic heterocycles. The Morgan fingerprint density at radius 2 is 1.83 bits per heavy atom. The van der Waals surface area contributed by atoms with Crippen LogP contribution in [-0.4, -0.2) is 30.4 Å². The highest BCUT2D eigenvalue weighted by Crippen LogP contribution is 1.90. The summed E-state index contributed by atoms with van der Waals surface area (Å²) in [6.45, 7) is 1.74.